The summed E-state index contributed by atoms with van der Waals surface area (Å²) >= 11 is 2.72. The van der Waals surface area contributed by atoms with Crippen molar-refractivity contribution in [2.45, 2.75) is 17.0 Å². The second-order valence-corrected chi connectivity index (χ2v) is 7.85. The van der Waals surface area contributed by atoms with Crippen LogP contribution in [-0.2, 0) is 11.3 Å². The van der Waals surface area contributed by atoms with E-state index in [1.54, 1.807) is 35.7 Å². The second kappa shape index (κ2) is 7.88. The van der Waals surface area contributed by atoms with E-state index in [9.17, 15) is 9.59 Å². The van der Waals surface area contributed by atoms with Crippen LogP contribution in [-0.4, -0.2) is 34.5 Å². The highest BCUT2D eigenvalue weighted by Gasteiger charge is 2.26. The second-order valence-electron chi connectivity index (χ2n) is 5.88. The van der Waals surface area contributed by atoms with Crippen molar-refractivity contribution >= 4 is 39.2 Å². The van der Waals surface area contributed by atoms with E-state index < -0.39 is 5.25 Å². The van der Waals surface area contributed by atoms with Gasteiger partial charge in [0.05, 0.1) is 5.39 Å². The number of hydrogen-bond donors (Lipinski definition) is 0. The van der Waals surface area contributed by atoms with Gasteiger partial charge in [0.25, 0.3) is 5.56 Å². The molecule has 0 spiro atoms. The van der Waals surface area contributed by atoms with Crippen LogP contribution in [0.5, 0.6) is 0 Å². The molecule has 3 aromatic rings. The number of nitrogens with zero attached hydrogens (tertiary/aromatic N) is 3. The van der Waals surface area contributed by atoms with Gasteiger partial charge >= 0.3 is 0 Å². The lowest BCUT2D eigenvalue weighted by Crippen LogP contribution is -2.28. The number of rotatable bonds is 6. The van der Waals surface area contributed by atoms with Crippen LogP contribution in [0, 0.1) is 0 Å². The van der Waals surface area contributed by atoms with Crippen molar-refractivity contribution in [3.8, 4) is 0 Å². The Morgan fingerprint density at radius 3 is 2.73 bits per heavy atom. The predicted octanol–water partition coefficient (Wildman–Crippen LogP) is 3.57. The van der Waals surface area contributed by atoms with Crippen molar-refractivity contribution in [1.82, 2.24) is 14.5 Å². The summed E-state index contributed by atoms with van der Waals surface area (Å²) in [4.78, 5) is 32.5. The van der Waals surface area contributed by atoms with Gasteiger partial charge in [-0.3, -0.25) is 14.2 Å². The monoisotopic (exact) mass is 385 g/mol. The van der Waals surface area contributed by atoms with Crippen LogP contribution in [0.2, 0.25) is 0 Å². The van der Waals surface area contributed by atoms with Crippen LogP contribution in [0.25, 0.3) is 10.2 Å². The van der Waals surface area contributed by atoms with E-state index in [0.717, 1.165) is 5.56 Å². The number of thiophene rings is 1. The number of carbonyl (C=O) groups is 1. The third kappa shape index (κ3) is 3.59. The normalized spacial score (nSPS) is 12.1. The number of hydrogen-bond acceptors (Lipinski definition) is 5. The average molecular weight is 386 g/mol. The minimum Gasteiger partial charge on any atom is -0.348 e. The maximum Gasteiger partial charge on any atom is 0.263 e. The zero-order valence-electron chi connectivity index (χ0n) is 14.6. The molecule has 3 rings (SSSR count). The Balaban J connectivity index is 2.11. The molecule has 0 saturated heterocycles. The SMILES string of the molecule is C=CCn1c(SC(C(=O)N(C)C)c2ccccc2)nc2sccc2c1=O. The largest absolute Gasteiger partial charge is 0.348 e. The molecule has 0 aliphatic carbocycles. The van der Waals surface area contributed by atoms with E-state index in [0.29, 0.717) is 21.9 Å². The minimum absolute atomic E-state index is 0.0492. The molecule has 0 fully saturated rings. The highest BCUT2D eigenvalue weighted by molar-refractivity contribution is 8.00. The first-order valence-corrected chi connectivity index (χ1v) is 9.80. The Labute approximate surface area is 160 Å². The molecular formula is C19H19N3O2S2. The fourth-order valence-electron chi connectivity index (χ4n) is 2.54. The average Bonchev–Trinajstić information content (AvgIpc) is 3.11. The fraction of sp³-hybridized carbons (Fsp3) is 0.211. The van der Waals surface area contributed by atoms with Gasteiger partial charge in [0.15, 0.2) is 5.16 Å². The van der Waals surface area contributed by atoms with Gasteiger partial charge in [-0.2, -0.15) is 0 Å². The molecule has 0 bridgehead atoms. The maximum atomic E-state index is 12.8. The quantitative estimate of drug-likeness (QED) is 0.370. The molecule has 2 heterocycles. The number of benzene rings is 1. The van der Waals surface area contributed by atoms with Gasteiger partial charge in [0.2, 0.25) is 5.91 Å². The number of carbonyl (C=O) groups excluding carboxylic acids is 1. The number of aromatic nitrogens is 2. The third-order valence-electron chi connectivity index (χ3n) is 3.85. The van der Waals surface area contributed by atoms with Crippen molar-refractivity contribution in [2.75, 3.05) is 14.1 Å². The molecule has 0 N–H and O–H groups in total. The lowest BCUT2D eigenvalue weighted by Gasteiger charge is -2.21. The summed E-state index contributed by atoms with van der Waals surface area (Å²) in [7, 11) is 3.46. The Kier molecular flexibility index (Phi) is 5.58. The zero-order valence-corrected chi connectivity index (χ0v) is 16.2. The van der Waals surface area contributed by atoms with Crippen molar-refractivity contribution in [3.63, 3.8) is 0 Å². The van der Waals surface area contributed by atoms with Crippen molar-refractivity contribution in [1.29, 1.82) is 0 Å². The van der Waals surface area contributed by atoms with Crippen molar-refractivity contribution < 1.29 is 4.79 Å². The van der Waals surface area contributed by atoms with E-state index in [1.807, 2.05) is 35.7 Å². The maximum absolute atomic E-state index is 12.8. The van der Waals surface area contributed by atoms with Crippen LogP contribution in [0.1, 0.15) is 10.8 Å². The van der Waals surface area contributed by atoms with E-state index in [2.05, 4.69) is 11.6 Å². The minimum atomic E-state index is -0.480. The van der Waals surface area contributed by atoms with Crippen LogP contribution in [0.15, 0.2) is 64.4 Å². The van der Waals surface area contributed by atoms with Gasteiger partial charge < -0.3 is 4.90 Å². The smallest absolute Gasteiger partial charge is 0.263 e. The molecule has 1 unspecified atom stereocenters. The van der Waals surface area contributed by atoms with Crippen LogP contribution in [0.3, 0.4) is 0 Å². The summed E-state index contributed by atoms with van der Waals surface area (Å²) in [5, 5.41) is 2.49. The molecule has 26 heavy (non-hydrogen) atoms. The number of thioether (sulfide) groups is 1. The van der Waals surface area contributed by atoms with Gasteiger partial charge in [0, 0.05) is 20.6 Å². The molecule has 7 heteroatoms. The van der Waals surface area contributed by atoms with E-state index in [4.69, 9.17) is 0 Å². The Hall–Kier alpha value is -2.38. The van der Waals surface area contributed by atoms with Crippen LogP contribution in [0.4, 0.5) is 0 Å². The standard InChI is InChI=1S/C19H19N3O2S2/c1-4-11-22-17(23)14-10-12-25-16(14)20-19(22)26-15(18(24)21(2)3)13-8-6-5-7-9-13/h4-10,12,15H,1,11H2,2-3H3. The first-order chi connectivity index (χ1) is 12.5. The van der Waals surface area contributed by atoms with Gasteiger partial charge in [-0.15, -0.1) is 17.9 Å². The van der Waals surface area contributed by atoms with E-state index in [1.165, 1.54) is 23.1 Å². The Bertz CT molecular complexity index is 993. The summed E-state index contributed by atoms with van der Waals surface area (Å²) in [6.07, 6.45) is 1.66. The predicted molar refractivity (Wildman–Crippen MR) is 108 cm³/mol. The fourth-order valence-corrected chi connectivity index (χ4v) is 4.60. The molecule has 1 amide bonds. The number of allylic oxidation sites excluding steroid dienone is 1. The third-order valence-corrected chi connectivity index (χ3v) is 5.89. The number of likely N-dealkylation sites (N-methyl/N-ethyl adjacent to an activating group) is 1. The van der Waals surface area contributed by atoms with Gasteiger partial charge in [-0.05, 0) is 17.0 Å². The lowest BCUT2D eigenvalue weighted by atomic mass is 10.1. The molecule has 1 atom stereocenters. The number of amides is 1. The molecule has 0 aliphatic heterocycles. The molecule has 134 valence electrons. The molecule has 0 radical (unpaired) electrons. The molecule has 2 aromatic heterocycles. The Morgan fingerprint density at radius 2 is 2.08 bits per heavy atom. The highest BCUT2D eigenvalue weighted by atomic mass is 32.2. The van der Waals surface area contributed by atoms with Crippen molar-refractivity contribution in [3.05, 3.63) is 70.4 Å². The number of fused-ring (bicyclic) bond motifs is 1. The first-order valence-electron chi connectivity index (χ1n) is 8.04. The van der Waals surface area contributed by atoms with Gasteiger partial charge in [0.1, 0.15) is 10.1 Å². The molecule has 0 saturated carbocycles. The molecule has 0 aliphatic rings. The van der Waals surface area contributed by atoms with Gasteiger partial charge in [-0.1, -0.05) is 48.2 Å². The zero-order chi connectivity index (χ0) is 18.7. The topological polar surface area (TPSA) is 55.2 Å². The summed E-state index contributed by atoms with van der Waals surface area (Å²) in [5.41, 5.74) is 0.768. The Morgan fingerprint density at radius 1 is 1.35 bits per heavy atom. The molecule has 5 nitrogen and oxygen atoms in total. The van der Waals surface area contributed by atoms with E-state index >= 15 is 0 Å². The molecule has 1 aromatic carbocycles. The summed E-state index contributed by atoms with van der Waals surface area (Å²) in [6.45, 7) is 4.08. The summed E-state index contributed by atoms with van der Waals surface area (Å²) in [6, 6.07) is 11.3. The highest BCUT2D eigenvalue weighted by Crippen LogP contribution is 2.36. The van der Waals surface area contributed by atoms with Crippen LogP contribution < -0.4 is 5.56 Å². The van der Waals surface area contributed by atoms with Crippen molar-refractivity contribution in [2.24, 2.45) is 0 Å². The van der Waals surface area contributed by atoms with Gasteiger partial charge in [-0.25, -0.2) is 4.98 Å². The van der Waals surface area contributed by atoms with Crippen LogP contribution >= 0.6 is 23.1 Å². The lowest BCUT2D eigenvalue weighted by molar-refractivity contribution is -0.128. The molecular weight excluding hydrogens is 366 g/mol. The summed E-state index contributed by atoms with van der Waals surface area (Å²) < 4.78 is 1.58. The summed E-state index contributed by atoms with van der Waals surface area (Å²) in [5.74, 6) is -0.0492. The first kappa shape index (κ1) is 18.4. The van der Waals surface area contributed by atoms with E-state index in [-0.39, 0.29) is 11.5 Å².